The zero-order valence-corrected chi connectivity index (χ0v) is 10.9. The number of hydrogen-bond donors (Lipinski definition) is 1. The lowest BCUT2D eigenvalue weighted by Crippen LogP contribution is -2.15. The normalized spacial score (nSPS) is 10.5. The molecule has 0 fully saturated rings. The van der Waals surface area contributed by atoms with Crippen molar-refractivity contribution in [1.82, 2.24) is 5.32 Å². The highest BCUT2D eigenvalue weighted by Crippen LogP contribution is 2.17. The van der Waals surface area contributed by atoms with E-state index in [4.69, 9.17) is 9.47 Å². The molecule has 0 radical (unpaired) electrons. The van der Waals surface area contributed by atoms with Crippen molar-refractivity contribution in [3.63, 3.8) is 0 Å². The third kappa shape index (κ3) is 5.71. The molecular weight excluding hydrogens is 214 g/mol. The standard InChI is InChI=1S/C14H23NO2/c1-3-9-15-12-13-7-5-6-8-14(13)17-11-10-16-4-2/h5-8,15H,3-4,9-12H2,1-2H3. The number of benzene rings is 1. The fourth-order valence-corrected chi connectivity index (χ4v) is 1.55. The second-order valence-electron chi connectivity index (χ2n) is 3.83. The monoisotopic (exact) mass is 237 g/mol. The van der Waals surface area contributed by atoms with Gasteiger partial charge in [0, 0.05) is 18.7 Å². The predicted octanol–water partition coefficient (Wildman–Crippen LogP) is 2.60. The molecule has 0 heterocycles. The fraction of sp³-hybridized carbons (Fsp3) is 0.571. The maximum Gasteiger partial charge on any atom is 0.123 e. The number of nitrogens with one attached hydrogen (secondary N) is 1. The van der Waals surface area contributed by atoms with Crippen LogP contribution in [-0.4, -0.2) is 26.4 Å². The van der Waals surface area contributed by atoms with Crippen LogP contribution in [0.25, 0.3) is 0 Å². The van der Waals surface area contributed by atoms with E-state index in [1.165, 1.54) is 5.56 Å². The van der Waals surface area contributed by atoms with E-state index in [1.54, 1.807) is 0 Å². The van der Waals surface area contributed by atoms with Crippen LogP contribution < -0.4 is 10.1 Å². The zero-order valence-electron chi connectivity index (χ0n) is 10.9. The van der Waals surface area contributed by atoms with Crippen LogP contribution in [0.2, 0.25) is 0 Å². The van der Waals surface area contributed by atoms with E-state index < -0.39 is 0 Å². The molecule has 1 N–H and O–H groups in total. The second kappa shape index (κ2) is 9.02. The van der Waals surface area contributed by atoms with Gasteiger partial charge in [0.05, 0.1) is 6.61 Å². The second-order valence-corrected chi connectivity index (χ2v) is 3.83. The summed E-state index contributed by atoms with van der Waals surface area (Å²) in [4.78, 5) is 0. The van der Waals surface area contributed by atoms with Gasteiger partial charge < -0.3 is 14.8 Å². The minimum Gasteiger partial charge on any atom is -0.491 e. The predicted molar refractivity (Wildman–Crippen MR) is 70.4 cm³/mol. The number of hydrogen-bond acceptors (Lipinski definition) is 3. The molecule has 0 aliphatic rings. The SMILES string of the molecule is CCCNCc1ccccc1OCCOCC. The Morgan fingerprint density at radius 2 is 1.94 bits per heavy atom. The molecule has 0 aromatic heterocycles. The van der Waals surface area contributed by atoms with E-state index in [0.717, 1.165) is 31.9 Å². The van der Waals surface area contributed by atoms with Gasteiger partial charge in [0.15, 0.2) is 0 Å². The summed E-state index contributed by atoms with van der Waals surface area (Å²) < 4.78 is 11.0. The number of rotatable bonds is 9. The van der Waals surface area contributed by atoms with Gasteiger partial charge >= 0.3 is 0 Å². The fourth-order valence-electron chi connectivity index (χ4n) is 1.55. The summed E-state index contributed by atoms with van der Waals surface area (Å²) in [5.41, 5.74) is 1.21. The summed E-state index contributed by atoms with van der Waals surface area (Å²) >= 11 is 0. The minimum atomic E-state index is 0.610. The Balaban J connectivity index is 2.40. The molecule has 1 rings (SSSR count). The van der Waals surface area contributed by atoms with Crippen molar-refractivity contribution in [2.24, 2.45) is 0 Å². The Labute approximate surface area is 104 Å². The minimum absolute atomic E-state index is 0.610. The molecule has 1 aromatic carbocycles. The van der Waals surface area contributed by atoms with Crippen molar-refractivity contribution in [2.45, 2.75) is 26.8 Å². The quantitative estimate of drug-likeness (QED) is 0.670. The molecule has 3 nitrogen and oxygen atoms in total. The van der Waals surface area contributed by atoms with E-state index >= 15 is 0 Å². The molecular formula is C14H23NO2. The first kappa shape index (κ1) is 14.0. The van der Waals surface area contributed by atoms with Crippen molar-refractivity contribution >= 4 is 0 Å². The van der Waals surface area contributed by atoms with Crippen molar-refractivity contribution in [3.05, 3.63) is 29.8 Å². The number of para-hydroxylation sites is 1. The van der Waals surface area contributed by atoms with Crippen LogP contribution in [0.5, 0.6) is 5.75 Å². The Morgan fingerprint density at radius 3 is 2.71 bits per heavy atom. The first-order chi connectivity index (χ1) is 8.38. The molecule has 96 valence electrons. The lowest BCUT2D eigenvalue weighted by atomic mass is 10.2. The van der Waals surface area contributed by atoms with E-state index in [1.807, 2.05) is 25.1 Å². The molecule has 3 heteroatoms. The van der Waals surface area contributed by atoms with E-state index in [-0.39, 0.29) is 0 Å². The largest absolute Gasteiger partial charge is 0.491 e. The molecule has 0 saturated carbocycles. The van der Waals surface area contributed by atoms with Crippen molar-refractivity contribution in [1.29, 1.82) is 0 Å². The van der Waals surface area contributed by atoms with Crippen LogP contribution in [0, 0.1) is 0 Å². The summed E-state index contributed by atoms with van der Waals surface area (Å²) in [6.45, 7) is 8.04. The van der Waals surface area contributed by atoms with Gasteiger partial charge in [0.2, 0.25) is 0 Å². The van der Waals surface area contributed by atoms with Gasteiger partial charge in [-0.05, 0) is 26.0 Å². The van der Waals surface area contributed by atoms with Gasteiger partial charge in [0.25, 0.3) is 0 Å². The molecule has 1 aromatic rings. The Kier molecular flexibility index (Phi) is 7.43. The Morgan fingerprint density at radius 1 is 1.12 bits per heavy atom. The van der Waals surface area contributed by atoms with Crippen LogP contribution >= 0.6 is 0 Å². The van der Waals surface area contributed by atoms with Crippen LogP contribution in [0.1, 0.15) is 25.8 Å². The third-order valence-corrected chi connectivity index (χ3v) is 2.40. The molecule has 17 heavy (non-hydrogen) atoms. The van der Waals surface area contributed by atoms with Gasteiger partial charge in [0.1, 0.15) is 12.4 Å². The zero-order chi connectivity index (χ0) is 12.3. The maximum absolute atomic E-state index is 5.70. The highest BCUT2D eigenvalue weighted by Gasteiger charge is 2.01. The van der Waals surface area contributed by atoms with Crippen LogP contribution in [-0.2, 0) is 11.3 Å². The summed E-state index contributed by atoms with van der Waals surface area (Å²) in [6, 6.07) is 8.14. The summed E-state index contributed by atoms with van der Waals surface area (Å²) in [6.07, 6.45) is 1.15. The lowest BCUT2D eigenvalue weighted by Gasteiger charge is -2.11. The summed E-state index contributed by atoms with van der Waals surface area (Å²) in [5.74, 6) is 0.954. The molecule has 0 spiro atoms. The van der Waals surface area contributed by atoms with E-state index in [2.05, 4.69) is 18.3 Å². The highest BCUT2D eigenvalue weighted by atomic mass is 16.5. The molecule has 0 amide bonds. The average Bonchev–Trinajstić information content (AvgIpc) is 2.36. The van der Waals surface area contributed by atoms with Gasteiger partial charge in [-0.1, -0.05) is 25.1 Å². The molecule has 0 unspecified atom stereocenters. The summed E-state index contributed by atoms with van der Waals surface area (Å²) in [7, 11) is 0. The van der Waals surface area contributed by atoms with Gasteiger partial charge in [-0.15, -0.1) is 0 Å². The molecule has 0 saturated heterocycles. The van der Waals surface area contributed by atoms with E-state index in [0.29, 0.717) is 13.2 Å². The van der Waals surface area contributed by atoms with Crippen LogP contribution in [0.15, 0.2) is 24.3 Å². The first-order valence-electron chi connectivity index (χ1n) is 6.37. The van der Waals surface area contributed by atoms with Crippen molar-refractivity contribution in [3.8, 4) is 5.75 Å². The van der Waals surface area contributed by atoms with E-state index in [9.17, 15) is 0 Å². The molecule has 0 aliphatic carbocycles. The van der Waals surface area contributed by atoms with Crippen LogP contribution in [0.4, 0.5) is 0 Å². The van der Waals surface area contributed by atoms with Crippen molar-refractivity contribution in [2.75, 3.05) is 26.4 Å². The van der Waals surface area contributed by atoms with Crippen molar-refractivity contribution < 1.29 is 9.47 Å². The van der Waals surface area contributed by atoms with Gasteiger partial charge in [-0.25, -0.2) is 0 Å². The topological polar surface area (TPSA) is 30.5 Å². The van der Waals surface area contributed by atoms with Gasteiger partial charge in [-0.3, -0.25) is 0 Å². The molecule has 0 bridgehead atoms. The lowest BCUT2D eigenvalue weighted by molar-refractivity contribution is 0.110. The average molecular weight is 237 g/mol. The molecule has 0 aliphatic heterocycles. The van der Waals surface area contributed by atoms with Gasteiger partial charge in [-0.2, -0.15) is 0 Å². The third-order valence-electron chi connectivity index (χ3n) is 2.40. The maximum atomic E-state index is 5.70. The number of ether oxygens (including phenoxy) is 2. The first-order valence-corrected chi connectivity index (χ1v) is 6.37. The van der Waals surface area contributed by atoms with Crippen LogP contribution in [0.3, 0.4) is 0 Å². The Hall–Kier alpha value is -1.06. The Bertz CT molecular complexity index is 302. The smallest absolute Gasteiger partial charge is 0.123 e. The summed E-state index contributed by atoms with van der Waals surface area (Å²) in [5, 5.41) is 3.38. The highest BCUT2D eigenvalue weighted by molar-refractivity contribution is 5.33. The molecule has 0 atom stereocenters.